The Morgan fingerprint density at radius 1 is 1.35 bits per heavy atom. The van der Waals surface area contributed by atoms with E-state index in [1.54, 1.807) is 6.20 Å². The first-order valence-corrected chi connectivity index (χ1v) is 5.84. The van der Waals surface area contributed by atoms with Gasteiger partial charge in [-0.1, -0.05) is 30.7 Å². The van der Waals surface area contributed by atoms with E-state index in [4.69, 9.17) is 0 Å². The molecule has 0 radical (unpaired) electrons. The molecule has 0 aliphatic carbocycles. The lowest BCUT2D eigenvalue weighted by Crippen LogP contribution is -2.00. The lowest BCUT2D eigenvalue weighted by molar-refractivity contribution is 0.103. The highest BCUT2D eigenvalue weighted by Crippen LogP contribution is 2.11. The zero-order valence-corrected chi connectivity index (χ0v) is 10.2. The van der Waals surface area contributed by atoms with Gasteiger partial charge in [0.05, 0.1) is 11.8 Å². The van der Waals surface area contributed by atoms with Crippen molar-refractivity contribution in [2.24, 2.45) is 0 Å². The molecule has 1 aromatic carbocycles. The normalized spacial score (nSPS) is 10.5. The number of ketones is 1. The molecule has 0 saturated carbocycles. The van der Waals surface area contributed by atoms with Gasteiger partial charge in [0, 0.05) is 18.3 Å². The number of aryl methyl sites for hydroxylation is 2. The SMILES string of the molecule is CCCn1cc(C(=O)c2cccc(C)c2)cn1. The van der Waals surface area contributed by atoms with Crippen LogP contribution in [0.25, 0.3) is 0 Å². The monoisotopic (exact) mass is 228 g/mol. The average Bonchev–Trinajstić information content (AvgIpc) is 2.77. The summed E-state index contributed by atoms with van der Waals surface area (Å²) in [4.78, 5) is 12.2. The molecular weight excluding hydrogens is 212 g/mol. The van der Waals surface area contributed by atoms with E-state index < -0.39 is 0 Å². The van der Waals surface area contributed by atoms with Crippen molar-refractivity contribution in [2.75, 3.05) is 0 Å². The number of rotatable bonds is 4. The summed E-state index contributed by atoms with van der Waals surface area (Å²) in [5.74, 6) is 0.0380. The number of aromatic nitrogens is 2. The smallest absolute Gasteiger partial charge is 0.196 e. The highest BCUT2D eigenvalue weighted by molar-refractivity contribution is 6.08. The van der Waals surface area contributed by atoms with Gasteiger partial charge in [0.15, 0.2) is 5.78 Å². The number of carbonyl (C=O) groups is 1. The van der Waals surface area contributed by atoms with Crippen LogP contribution in [0.15, 0.2) is 36.7 Å². The molecular formula is C14H16N2O. The molecule has 0 amide bonds. The van der Waals surface area contributed by atoms with Gasteiger partial charge in [-0.05, 0) is 19.4 Å². The van der Waals surface area contributed by atoms with Crippen molar-refractivity contribution in [2.45, 2.75) is 26.8 Å². The van der Waals surface area contributed by atoms with E-state index >= 15 is 0 Å². The van der Waals surface area contributed by atoms with Crippen LogP contribution in [-0.4, -0.2) is 15.6 Å². The van der Waals surface area contributed by atoms with Crippen LogP contribution in [0.3, 0.4) is 0 Å². The molecule has 88 valence electrons. The van der Waals surface area contributed by atoms with Crippen LogP contribution in [0.2, 0.25) is 0 Å². The largest absolute Gasteiger partial charge is 0.288 e. The molecule has 0 fully saturated rings. The first-order valence-electron chi connectivity index (χ1n) is 5.84. The van der Waals surface area contributed by atoms with E-state index in [1.165, 1.54) is 0 Å². The zero-order chi connectivity index (χ0) is 12.3. The molecule has 3 heteroatoms. The highest BCUT2D eigenvalue weighted by Gasteiger charge is 2.11. The molecule has 1 aromatic heterocycles. The second-order valence-corrected chi connectivity index (χ2v) is 4.19. The lowest BCUT2D eigenvalue weighted by Gasteiger charge is -1.99. The number of carbonyl (C=O) groups excluding carboxylic acids is 1. The Morgan fingerprint density at radius 3 is 2.88 bits per heavy atom. The third-order valence-corrected chi connectivity index (χ3v) is 2.63. The van der Waals surface area contributed by atoms with Gasteiger partial charge < -0.3 is 0 Å². The molecule has 0 atom stereocenters. The fourth-order valence-electron chi connectivity index (χ4n) is 1.79. The minimum atomic E-state index is 0.0380. The van der Waals surface area contributed by atoms with E-state index in [-0.39, 0.29) is 5.78 Å². The van der Waals surface area contributed by atoms with Crippen molar-refractivity contribution in [3.63, 3.8) is 0 Å². The lowest BCUT2D eigenvalue weighted by atomic mass is 10.0. The Bertz CT molecular complexity index is 529. The van der Waals surface area contributed by atoms with Crippen molar-refractivity contribution in [3.8, 4) is 0 Å². The van der Waals surface area contributed by atoms with E-state index in [0.717, 1.165) is 24.1 Å². The third-order valence-electron chi connectivity index (χ3n) is 2.63. The van der Waals surface area contributed by atoms with Gasteiger partial charge in [-0.15, -0.1) is 0 Å². The molecule has 2 rings (SSSR count). The molecule has 0 saturated heterocycles. The molecule has 17 heavy (non-hydrogen) atoms. The Labute approximate surface area is 101 Å². The van der Waals surface area contributed by atoms with Gasteiger partial charge in [-0.2, -0.15) is 5.10 Å². The summed E-state index contributed by atoms with van der Waals surface area (Å²) < 4.78 is 1.81. The maximum absolute atomic E-state index is 12.2. The molecule has 3 nitrogen and oxygen atoms in total. The molecule has 2 aromatic rings. The zero-order valence-electron chi connectivity index (χ0n) is 10.2. The summed E-state index contributed by atoms with van der Waals surface area (Å²) in [6, 6.07) is 7.63. The summed E-state index contributed by atoms with van der Waals surface area (Å²) in [5, 5.41) is 4.17. The van der Waals surface area contributed by atoms with Gasteiger partial charge in [0.1, 0.15) is 0 Å². The van der Waals surface area contributed by atoms with Crippen LogP contribution in [0, 0.1) is 6.92 Å². The second-order valence-electron chi connectivity index (χ2n) is 4.19. The molecule has 0 aliphatic heterocycles. The van der Waals surface area contributed by atoms with Crippen LogP contribution < -0.4 is 0 Å². The van der Waals surface area contributed by atoms with Gasteiger partial charge >= 0.3 is 0 Å². The quantitative estimate of drug-likeness (QED) is 0.754. The Balaban J connectivity index is 2.24. The van der Waals surface area contributed by atoms with Crippen molar-refractivity contribution in [3.05, 3.63) is 53.3 Å². The van der Waals surface area contributed by atoms with Crippen molar-refractivity contribution in [1.82, 2.24) is 9.78 Å². The van der Waals surface area contributed by atoms with Gasteiger partial charge in [0.25, 0.3) is 0 Å². The molecule has 0 spiro atoms. The van der Waals surface area contributed by atoms with Crippen LogP contribution in [0.5, 0.6) is 0 Å². The Morgan fingerprint density at radius 2 is 2.18 bits per heavy atom. The Kier molecular flexibility index (Phi) is 3.38. The average molecular weight is 228 g/mol. The van der Waals surface area contributed by atoms with Crippen LogP contribution in [-0.2, 0) is 6.54 Å². The first-order chi connectivity index (χ1) is 8.20. The predicted molar refractivity (Wildman–Crippen MR) is 67.1 cm³/mol. The maximum Gasteiger partial charge on any atom is 0.196 e. The summed E-state index contributed by atoms with van der Waals surface area (Å²) in [5.41, 5.74) is 2.47. The fourth-order valence-corrected chi connectivity index (χ4v) is 1.79. The van der Waals surface area contributed by atoms with E-state index in [2.05, 4.69) is 12.0 Å². The van der Waals surface area contributed by atoms with E-state index in [1.807, 2.05) is 42.1 Å². The third kappa shape index (κ3) is 2.61. The Hall–Kier alpha value is -1.90. The fraction of sp³-hybridized carbons (Fsp3) is 0.286. The van der Waals surface area contributed by atoms with Crippen LogP contribution >= 0.6 is 0 Å². The minimum Gasteiger partial charge on any atom is -0.288 e. The molecule has 0 aliphatic rings. The summed E-state index contributed by atoms with van der Waals surface area (Å²) in [6.45, 7) is 4.92. The van der Waals surface area contributed by atoms with E-state index in [9.17, 15) is 4.79 Å². The molecule has 0 bridgehead atoms. The summed E-state index contributed by atoms with van der Waals surface area (Å²) >= 11 is 0. The highest BCUT2D eigenvalue weighted by atomic mass is 16.1. The van der Waals surface area contributed by atoms with Crippen LogP contribution in [0.1, 0.15) is 34.8 Å². The topological polar surface area (TPSA) is 34.9 Å². The number of hydrogen-bond acceptors (Lipinski definition) is 2. The summed E-state index contributed by atoms with van der Waals surface area (Å²) in [7, 11) is 0. The number of nitrogens with zero attached hydrogens (tertiary/aromatic N) is 2. The van der Waals surface area contributed by atoms with Crippen molar-refractivity contribution in [1.29, 1.82) is 0 Å². The number of hydrogen-bond donors (Lipinski definition) is 0. The molecule has 0 N–H and O–H groups in total. The second kappa shape index (κ2) is 4.95. The number of benzene rings is 1. The molecule has 1 heterocycles. The van der Waals surface area contributed by atoms with Gasteiger partial charge in [0.2, 0.25) is 0 Å². The van der Waals surface area contributed by atoms with Gasteiger partial charge in [-0.25, -0.2) is 0 Å². The predicted octanol–water partition coefficient (Wildman–Crippen LogP) is 2.83. The first kappa shape index (κ1) is 11.6. The van der Waals surface area contributed by atoms with Crippen molar-refractivity contribution < 1.29 is 4.79 Å². The van der Waals surface area contributed by atoms with Gasteiger partial charge in [-0.3, -0.25) is 9.48 Å². The maximum atomic E-state index is 12.2. The summed E-state index contributed by atoms with van der Waals surface area (Å²) in [6.07, 6.45) is 4.47. The standard InChI is InChI=1S/C14H16N2O/c1-3-7-16-10-13(9-15-16)14(17)12-6-4-5-11(2)8-12/h4-6,8-10H,3,7H2,1-2H3. The van der Waals surface area contributed by atoms with Crippen LogP contribution in [0.4, 0.5) is 0 Å². The van der Waals surface area contributed by atoms with E-state index in [0.29, 0.717) is 5.56 Å². The minimum absolute atomic E-state index is 0.0380. The van der Waals surface area contributed by atoms with Crippen molar-refractivity contribution >= 4 is 5.78 Å². The molecule has 0 unspecified atom stereocenters.